The summed E-state index contributed by atoms with van der Waals surface area (Å²) < 4.78 is 15.7. The highest BCUT2D eigenvalue weighted by molar-refractivity contribution is 7.99. The van der Waals surface area contributed by atoms with Crippen LogP contribution in [0.3, 0.4) is 0 Å². The second-order valence-corrected chi connectivity index (χ2v) is 8.82. The first-order valence-electron chi connectivity index (χ1n) is 11.6. The van der Waals surface area contributed by atoms with Gasteiger partial charge in [-0.05, 0) is 98.3 Å². The Kier molecular flexibility index (Phi) is 10.6. The van der Waals surface area contributed by atoms with Crippen LogP contribution in [-0.2, 0) is 9.53 Å². The molecule has 0 saturated heterocycles. The molecule has 0 spiro atoms. The molecule has 37 heavy (non-hydrogen) atoms. The predicted octanol–water partition coefficient (Wildman–Crippen LogP) is 6.10. The van der Waals surface area contributed by atoms with Crippen molar-refractivity contribution < 1.29 is 28.6 Å². The van der Waals surface area contributed by atoms with Crippen LogP contribution in [0.1, 0.15) is 46.0 Å². The molecular weight excluding hydrogens is 488 g/mol. The van der Waals surface area contributed by atoms with Gasteiger partial charge in [0.25, 0.3) is 0 Å². The lowest BCUT2D eigenvalue weighted by molar-refractivity contribution is -0.137. The number of ether oxygens (including phenoxy) is 3. The minimum atomic E-state index is -0.516. The number of hydrogen-bond acceptors (Lipinski definition) is 7. The van der Waals surface area contributed by atoms with E-state index in [1.54, 1.807) is 79.3 Å². The van der Waals surface area contributed by atoms with Crippen molar-refractivity contribution in [2.75, 3.05) is 12.4 Å². The van der Waals surface area contributed by atoms with Crippen LogP contribution in [0.15, 0.2) is 90.3 Å². The van der Waals surface area contributed by atoms with Crippen LogP contribution < -0.4 is 9.47 Å². The van der Waals surface area contributed by atoms with Gasteiger partial charge < -0.3 is 14.2 Å². The molecule has 0 unspecified atom stereocenters. The maximum Gasteiger partial charge on any atom is 0.343 e. The van der Waals surface area contributed by atoms with Gasteiger partial charge in [-0.15, -0.1) is 17.7 Å². The van der Waals surface area contributed by atoms with Crippen LogP contribution in [-0.4, -0.2) is 30.3 Å². The zero-order chi connectivity index (χ0) is 26.5. The minimum Gasteiger partial charge on any atom is -0.463 e. The number of carbonyl (C=O) groups excluding carboxylic acids is 3. The van der Waals surface area contributed by atoms with Crippen LogP contribution in [0.2, 0.25) is 0 Å². The Morgan fingerprint density at radius 3 is 1.89 bits per heavy atom. The van der Waals surface area contributed by atoms with Crippen molar-refractivity contribution in [3.63, 3.8) is 0 Å². The Balaban J connectivity index is 1.45. The summed E-state index contributed by atoms with van der Waals surface area (Å²) in [6.07, 6.45) is 2.82. The fourth-order valence-electron chi connectivity index (χ4n) is 3.05. The van der Waals surface area contributed by atoms with Gasteiger partial charge >= 0.3 is 17.9 Å². The van der Waals surface area contributed by atoms with Crippen molar-refractivity contribution in [1.82, 2.24) is 0 Å². The van der Waals surface area contributed by atoms with Gasteiger partial charge in [-0.25, -0.2) is 14.4 Å². The molecule has 3 rings (SSSR count). The molecule has 0 aliphatic rings. The van der Waals surface area contributed by atoms with Crippen LogP contribution in [0.25, 0.3) is 0 Å². The Morgan fingerprint density at radius 1 is 0.811 bits per heavy atom. The summed E-state index contributed by atoms with van der Waals surface area (Å²) in [7, 11) is 0. The third-order valence-electron chi connectivity index (χ3n) is 4.94. The van der Waals surface area contributed by atoms with Crippen molar-refractivity contribution in [2.45, 2.75) is 24.7 Å². The zero-order valence-corrected chi connectivity index (χ0v) is 21.2. The molecule has 7 heteroatoms. The first-order valence-corrected chi connectivity index (χ1v) is 12.6. The normalized spacial score (nSPS) is 9.97. The molecule has 188 valence electrons. The fourth-order valence-corrected chi connectivity index (χ4v) is 3.97. The van der Waals surface area contributed by atoms with Crippen LogP contribution >= 0.6 is 11.8 Å². The van der Waals surface area contributed by atoms with E-state index >= 15 is 0 Å². The molecule has 0 aliphatic heterocycles. The highest BCUT2D eigenvalue weighted by Crippen LogP contribution is 2.21. The van der Waals surface area contributed by atoms with E-state index in [0.717, 1.165) is 35.1 Å². The average molecular weight is 515 g/mol. The molecule has 0 bridgehead atoms. The van der Waals surface area contributed by atoms with Crippen molar-refractivity contribution in [2.24, 2.45) is 0 Å². The number of thioether (sulfide) groups is 1. The van der Waals surface area contributed by atoms with Crippen LogP contribution in [0.5, 0.6) is 11.5 Å². The summed E-state index contributed by atoms with van der Waals surface area (Å²) in [5.74, 6) is 5.92. The molecule has 0 atom stereocenters. The van der Waals surface area contributed by atoms with Gasteiger partial charge in [0.15, 0.2) is 0 Å². The molecule has 3 aromatic carbocycles. The average Bonchev–Trinajstić information content (AvgIpc) is 2.92. The first-order chi connectivity index (χ1) is 18.0. The molecule has 0 fully saturated rings. The van der Waals surface area contributed by atoms with Crippen molar-refractivity contribution in [3.05, 3.63) is 102 Å². The molecule has 0 saturated carbocycles. The summed E-state index contributed by atoms with van der Waals surface area (Å²) in [6.45, 7) is 5.49. The smallest absolute Gasteiger partial charge is 0.343 e. The summed E-state index contributed by atoms with van der Waals surface area (Å²) in [5, 5.41) is 0. The monoisotopic (exact) mass is 514 g/mol. The lowest BCUT2D eigenvalue weighted by atomic mass is 10.2. The third kappa shape index (κ3) is 9.02. The summed E-state index contributed by atoms with van der Waals surface area (Å²) in [4.78, 5) is 36.9. The first kappa shape index (κ1) is 27.3. The largest absolute Gasteiger partial charge is 0.463 e. The van der Waals surface area contributed by atoms with Crippen LogP contribution in [0, 0.1) is 11.8 Å². The Labute approximate surface area is 220 Å². The molecule has 0 aromatic heterocycles. The van der Waals surface area contributed by atoms with Crippen molar-refractivity contribution >= 4 is 29.7 Å². The molecule has 0 heterocycles. The van der Waals surface area contributed by atoms with Gasteiger partial charge in [-0.1, -0.05) is 12.5 Å². The quantitative estimate of drug-likeness (QED) is 0.0764. The molecule has 0 aliphatic carbocycles. The lowest BCUT2D eigenvalue weighted by Crippen LogP contribution is -2.10. The van der Waals surface area contributed by atoms with Gasteiger partial charge in [0.2, 0.25) is 0 Å². The molecule has 0 radical (unpaired) electrons. The molecule has 0 N–H and O–H groups in total. The van der Waals surface area contributed by atoms with Gasteiger partial charge in [0, 0.05) is 16.5 Å². The van der Waals surface area contributed by atoms with Gasteiger partial charge in [-0.2, -0.15) is 0 Å². The number of rotatable bonds is 11. The van der Waals surface area contributed by atoms with E-state index in [2.05, 4.69) is 18.4 Å². The number of esters is 3. The molecule has 3 aromatic rings. The lowest BCUT2D eigenvalue weighted by Gasteiger charge is -2.07. The Bertz CT molecular complexity index is 1280. The van der Waals surface area contributed by atoms with E-state index in [-0.39, 0.29) is 0 Å². The standard InChI is InChI=1S/C30H26O6S/c1-3-7-22-8-14-25(15-9-22)35-29(32)23-10-16-26(17-11-23)36-30(33)24-12-18-27(19-13-24)37-21-6-5-20-34-28(31)4-2/h4,8-19H,2,5-6,20-21H2,1H3. The predicted molar refractivity (Wildman–Crippen MR) is 143 cm³/mol. The Morgan fingerprint density at radius 2 is 1.35 bits per heavy atom. The minimum absolute atomic E-state index is 0.319. The van der Waals surface area contributed by atoms with Gasteiger partial charge in [0.1, 0.15) is 11.5 Å². The number of benzene rings is 3. The fraction of sp³-hybridized carbons (Fsp3) is 0.167. The number of carbonyl (C=O) groups is 3. The number of hydrogen-bond donors (Lipinski definition) is 0. The Hall–Kier alpha value is -4.28. The van der Waals surface area contributed by atoms with Crippen LogP contribution in [0.4, 0.5) is 0 Å². The molecular formula is C30H26O6S. The van der Waals surface area contributed by atoms with E-state index in [4.69, 9.17) is 14.2 Å². The van der Waals surface area contributed by atoms with E-state index in [1.807, 2.05) is 12.1 Å². The summed E-state index contributed by atoms with van der Waals surface area (Å²) in [6, 6.07) is 20.2. The maximum absolute atomic E-state index is 12.5. The van der Waals surface area contributed by atoms with Crippen molar-refractivity contribution in [3.8, 4) is 23.3 Å². The zero-order valence-electron chi connectivity index (χ0n) is 20.4. The molecule has 6 nitrogen and oxygen atoms in total. The van der Waals surface area contributed by atoms with Gasteiger partial charge in [-0.3, -0.25) is 0 Å². The SMILES string of the molecule is C=CC(=O)OCCCCSc1ccc(C(=O)Oc2ccc(C(=O)Oc3ccc(C#CC)cc3)cc2)cc1. The van der Waals surface area contributed by atoms with E-state index < -0.39 is 17.9 Å². The van der Waals surface area contributed by atoms with E-state index in [1.165, 1.54) is 0 Å². The van der Waals surface area contributed by atoms with E-state index in [9.17, 15) is 14.4 Å². The summed E-state index contributed by atoms with van der Waals surface area (Å²) in [5.41, 5.74) is 1.58. The topological polar surface area (TPSA) is 78.9 Å². The summed E-state index contributed by atoms with van der Waals surface area (Å²) >= 11 is 1.65. The van der Waals surface area contributed by atoms with E-state index in [0.29, 0.717) is 29.2 Å². The second kappa shape index (κ2) is 14.3. The second-order valence-electron chi connectivity index (χ2n) is 7.65. The number of unbranched alkanes of at least 4 members (excludes halogenated alkanes) is 1. The van der Waals surface area contributed by atoms with Gasteiger partial charge in [0.05, 0.1) is 17.7 Å². The molecule has 0 amide bonds. The highest BCUT2D eigenvalue weighted by Gasteiger charge is 2.12. The third-order valence-corrected chi connectivity index (χ3v) is 6.04. The van der Waals surface area contributed by atoms with Crippen molar-refractivity contribution in [1.29, 1.82) is 0 Å². The highest BCUT2D eigenvalue weighted by atomic mass is 32.2. The maximum atomic E-state index is 12.5.